The second-order valence-corrected chi connectivity index (χ2v) is 7.64. The van der Waals surface area contributed by atoms with Crippen molar-refractivity contribution in [2.75, 3.05) is 0 Å². The van der Waals surface area contributed by atoms with E-state index in [4.69, 9.17) is 11.6 Å². The molecule has 22 heavy (non-hydrogen) atoms. The zero-order chi connectivity index (χ0) is 16.2. The van der Waals surface area contributed by atoms with Crippen LogP contribution in [-0.4, -0.2) is 8.42 Å². The topological polar surface area (TPSA) is 46.2 Å². The Bertz CT molecular complexity index is 707. The number of halogens is 1. The van der Waals surface area contributed by atoms with Crippen molar-refractivity contribution in [3.8, 4) is 11.1 Å². The molecule has 0 aliphatic rings. The van der Waals surface area contributed by atoms with Crippen LogP contribution in [0.4, 0.5) is 0 Å². The van der Waals surface area contributed by atoms with Crippen molar-refractivity contribution in [2.24, 2.45) is 5.92 Å². The molecule has 2 rings (SSSR count). The lowest BCUT2D eigenvalue weighted by Crippen LogP contribution is -2.21. The fourth-order valence-electron chi connectivity index (χ4n) is 1.93. The Morgan fingerprint density at radius 3 is 2.00 bits per heavy atom. The van der Waals surface area contributed by atoms with Crippen molar-refractivity contribution in [3.63, 3.8) is 0 Å². The molecule has 0 unspecified atom stereocenters. The van der Waals surface area contributed by atoms with Crippen LogP contribution in [0.15, 0.2) is 53.4 Å². The standard InChI is InChI=1S/C17H19ClNO2S/c1-13(2)11-12-19-22(20,21)17-9-5-15(6-10-17)14-3-7-16(18)8-4-14/h3-10,12-13,19H,11H2,1-2H3. The van der Waals surface area contributed by atoms with E-state index in [1.165, 1.54) is 0 Å². The van der Waals surface area contributed by atoms with E-state index in [2.05, 4.69) is 4.72 Å². The monoisotopic (exact) mass is 336 g/mol. The minimum atomic E-state index is -3.49. The first-order chi connectivity index (χ1) is 10.4. The Kier molecular flexibility index (Phi) is 5.62. The van der Waals surface area contributed by atoms with Crippen LogP contribution in [0.2, 0.25) is 5.02 Å². The fraction of sp³-hybridized carbons (Fsp3) is 0.235. The molecule has 0 fully saturated rings. The lowest BCUT2D eigenvalue weighted by molar-refractivity contribution is 0.576. The van der Waals surface area contributed by atoms with Crippen LogP contribution in [-0.2, 0) is 10.0 Å². The molecule has 0 aromatic heterocycles. The number of sulfonamides is 1. The van der Waals surface area contributed by atoms with Gasteiger partial charge in [0.1, 0.15) is 0 Å². The van der Waals surface area contributed by atoms with Crippen LogP contribution in [0, 0.1) is 12.5 Å². The first-order valence-corrected chi connectivity index (χ1v) is 8.94. The molecule has 117 valence electrons. The molecular formula is C17H19ClNO2S. The molecule has 0 aliphatic carbocycles. The van der Waals surface area contributed by atoms with E-state index in [9.17, 15) is 8.42 Å². The third-order valence-corrected chi connectivity index (χ3v) is 4.79. The average molecular weight is 337 g/mol. The van der Waals surface area contributed by atoms with Crippen molar-refractivity contribution in [1.82, 2.24) is 4.72 Å². The summed E-state index contributed by atoms with van der Waals surface area (Å²) in [7, 11) is -3.49. The molecule has 0 aliphatic heterocycles. The molecule has 0 atom stereocenters. The highest BCUT2D eigenvalue weighted by Crippen LogP contribution is 2.23. The van der Waals surface area contributed by atoms with Gasteiger partial charge in [0.15, 0.2) is 0 Å². The van der Waals surface area contributed by atoms with Crippen LogP contribution in [0.3, 0.4) is 0 Å². The van der Waals surface area contributed by atoms with Gasteiger partial charge in [0.25, 0.3) is 0 Å². The van der Waals surface area contributed by atoms with Gasteiger partial charge in [0, 0.05) is 11.6 Å². The quantitative estimate of drug-likeness (QED) is 0.844. The molecule has 0 amide bonds. The van der Waals surface area contributed by atoms with Gasteiger partial charge >= 0.3 is 0 Å². The predicted molar refractivity (Wildman–Crippen MR) is 91.0 cm³/mol. The number of benzene rings is 2. The molecule has 5 heteroatoms. The van der Waals surface area contributed by atoms with Crippen molar-refractivity contribution in [1.29, 1.82) is 0 Å². The summed E-state index contributed by atoms with van der Waals surface area (Å²) in [4.78, 5) is 0.255. The summed E-state index contributed by atoms with van der Waals surface area (Å²) in [6, 6.07) is 14.2. The third-order valence-electron chi connectivity index (χ3n) is 3.17. The minimum Gasteiger partial charge on any atom is -0.207 e. The van der Waals surface area contributed by atoms with Gasteiger partial charge < -0.3 is 0 Å². The maximum Gasteiger partial charge on any atom is 0.240 e. The van der Waals surface area contributed by atoms with Crippen LogP contribution < -0.4 is 4.72 Å². The number of nitrogens with one attached hydrogen (secondary N) is 1. The van der Waals surface area contributed by atoms with Crippen molar-refractivity contribution in [3.05, 3.63) is 60.1 Å². The average Bonchev–Trinajstić information content (AvgIpc) is 2.47. The number of hydrogen-bond acceptors (Lipinski definition) is 2. The van der Waals surface area contributed by atoms with Gasteiger partial charge in [-0.25, -0.2) is 13.1 Å². The maximum absolute atomic E-state index is 12.1. The van der Waals surface area contributed by atoms with Crippen molar-refractivity contribution in [2.45, 2.75) is 25.2 Å². The Morgan fingerprint density at radius 1 is 1.00 bits per heavy atom. The third kappa shape index (κ3) is 4.57. The highest BCUT2D eigenvalue weighted by atomic mass is 35.5. The van der Waals surface area contributed by atoms with E-state index < -0.39 is 10.0 Å². The van der Waals surface area contributed by atoms with E-state index in [0.29, 0.717) is 17.4 Å². The molecular weight excluding hydrogens is 318 g/mol. The lowest BCUT2D eigenvalue weighted by Gasteiger charge is -2.09. The summed E-state index contributed by atoms with van der Waals surface area (Å²) in [6.45, 7) is 5.66. The van der Waals surface area contributed by atoms with Crippen molar-refractivity contribution < 1.29 is 8.42 Å². The van der Waals surface area contributed by atoms with E-state index in [1.807, 2.05) is 38.1 Å². The zero-order valence-electron chi connectivity index (χ0n) is 12.6. The van der Waals surface area contributed by atoms with Gasteiger partial charge in [-0.3, -0.25) is 0 Å². The first kappa shape index (κ1) is 17.0. The van der Waals surface area contributed by atoms with Crippen LogP contribution >= 0.6 is 11.6 Å². The lowest BCUT2D eigenvalue weighted by atomic mass is 10.1. The highest BCUT2D eigenvalue weighted by Gasteiger charge is 2.13. The largest absolute Gasteiger partial charge is 0.240 e. The van der Waals surface area contributed by atoms with E-state index in [0.717, 1.165) is 11.1 Å². The highest BCUT2D eigenvalue weighted by molar-refractivity contribution is 7.89. The van der Waals surface area contributed by atoms with E-state index in [1.54, 1.807) is 30.8 Å². The summed E-state index contributed by atoms with van der Waals surface area (Å²) in [5, 5.41) is 0.674. The smallest absolute Gasteiger partial charge is 0.207 e. The maximum atomic E-state index is 12.1. The molecule has 1 N–H and O–H groups in total. The van der Waals surface area contributed by atoms with E-state index in [-0.39, 0.29) is 4.90 Å². The van der Waals surface area contributed by atoms with Gasteiger partial charge in [-0.1, -0.05) is 49.7 Å². The fourth-order valence-corrected chi connectivity index (χ4v) is 3.00. The summed E-state index contributed by atoms with van der Waals surface area (Å²) in [6.07, 6.45) is 0.697. The normalized spacial score (nSPS) is 11.8. The van der Waals surface area contributed by atoms with Gasteiger partial charge in [-0.05, 0) is 47.7 Å². The molecule has 3 nitrogen and oxygen atoms in total. The summed E-state index contributed by atoms with van der Waals surface area (Å²) in [5.41, 5.74) is 1.94. The summed E-state index contributed by atoms with van der Waals surface area (Å²) >= 11 is 5.86. The molecule has 2 aromatic rings. The Hall–Kier alpha value is -1.36. The molecule has 1 radical (unpaired) electrons. The van der Waals surface area contributed by atoms with Gasteiger partial charge in [-0.15, -0.1) is 0 Å². The molecule has 0 spiro atoms. The van der Waals surface area contributed by atoms with Gasteiger partial charge in [0.05, 0.1) is 4.90 Å². The number of rotatable bonds is 6. The van der Waals surface area contributed by atoms with Crippen molar-refractivity contribution >= 4 is 21.6 Å². The van der Waals surface area contributed by atoms with Gasteiger partial charge in [-0.2, -0.15) is 0 Å². The molecule has 0 heterocycles. The second-order valence-electron chi connectivity index (χ2n) is 5.49. The minimum absolute atomic E-state index is 0.255. The second kappa shape index (κ2) is 7.27. The van der Waals surface area contributed by atoms with Crippen LogP contribution in [0.5, 0.6) is 0 Å². The van der Waals surface area contributed by atoms with Crippen LogP contribution in [0.1, 0.15) is 20.3 Å². The van der Waals surface area contributed by atoms with E-state index >= 15 is 0 Å². The Morgan fingerprint density at radius 2 is 1.50 bits per heavy atom. The number of hydrogen-bond donors (Lipinski definition) is 1. The zero-order valence-corrected chi connectivity index (χ0v) is 14.2. The summed E-state index contributed by atoms with van der Waals surface area (Å²) < 4.78 is 26.8. The molecule has 2 aromatic carbocycles. The Labute approximate surface area is 137 Å². The molecule has 0 saturated carbocycles. The molecule has 0 saturated heterocycles. The Balaban J connectivity index is 2.12. The molecule has 0 bridgehead atoms. The van der Waals surface area contributed by atoms with Gasteiger partial charge in [0.2, 0.25) is 10.0 Å². The first-order valence-electron chi connectivity index (χ1n) is 7.08. The predicted octanol–water partition coefficient (Wildman–Crippen LogP) is 4.49. The van der Waals surface area contributed by atoms with Crippen LogP contribution in [0.25, 0.3) is 11.1 Å². The summed E-state index contributed by atoms with van der Waals surface area (Å²) in [5.74, 6) is 0.412. The SMILES string of the molecule is CC(C)C[CH]NS(=O)(=O)c1ccc(-c2ccc(Cl)cc2)cc1.